The molecule has 1 saturated heterocycles. The van der Waals surface area contributed by atoms with Gasteiger partial charge in [0.1, 0.15) is 0 Å². The van der Waals surface area contributed by atoms with Gasteiger partial charge in [-0.15, -0.1) is 0 Å². The summed E-state index contributed by atoms with van der Waals surface area (Å²) in [6.07, 6.45) is 4.66. The third-order valence-electron chi connectivity index (χ3n) is 5.54. The van der Waals surface area contributed by atoms with Gasteiger partial charge in [0.25, 0.3) is 0 Å². The van der Waals surface area contributed by atoms with Gasteiger partial charge in [-0.3, -0.25) is 4.90 Å². The second-order valence-corrected chi connectivity index (χ2v) is 6.44. The van der Waals surface area contributed by atoms with Crippen LogP contribution in [0.25, 0.3) is 0 Å². The van der Waals surface area contributed by atoms with E-state index in [1.807, 2.05) is 6.07 Å². The highest BCUT2D eigenvalue weighted by Gasteiger charge is 2.58. The number of rotatable bonds is 2. The van der Waals surface area contributed by atoms with E-state index >= 15 is 0 Å². The molecule has 3 aliphatic rings. The molecule has 0 saturated carbocycles. The van der Waals surface area contributed by atoms with Crippen LogP contribution in [-0.2, 0) is 16.7 Å². The lowest BCUT2D eigenvalue weighted by Crippen LogP contribution is -2.52. The van der Waals surface area contributed by atoms with Crippen molar-refractivity contribution in [3.8, 4) is 11.5 Å². The van der Waals surface area contributed by atoms with Crippen LogP contribution in [0.15, 0.2) is 24.3 Å². The van der Waals surface area contributed by atoms with Crippen molar-refractivity contribution in [3.05, 3.63) is 35.4 Å². The minimum Gasteiger partial charge on any atom is -0.504 e. The first kappa shape index (κ1) is 14.1. The molecule has 1 fully saturated rings. The summed E-state index contributed by atoms with van der Waals surface area (Å²) in [5, 5.41) is 20.8. The molecule has 0 spiro atoms. The standard InChI is InChI=1S/C17H21NO4/c1-21-11-3-4-17-12-7-14(22-2)13(19)5-10(12)8-18(9-16(17)20)15(17)6-11/h3-5,7,11,15-16,19-20H,6,8-9H2,1-2H3/t11-,15+,16-,17+/m1/s1. The summed E-state index contributed by atoms with van der Waals surface area (Å²) < 4.78 is 10.8. The van der Waals surface area contributed by atoms with Gasteiger partial charge in [-0.2, -0.15) is 0 Å². The summed E-state index contributed by atoms with van der Waals surface area (Å²) in [5.41, 5.74) is 1.70. The topological polar surface area (TPSA) is 62.2 Å². The first-order valence-electron chi connectivity index (χ1n) is 7.64. The summed E-state index contributed by atoms with van der Waals surface area (Å²) in [7, 11) is 3.27. The molecule has 22 heavy (non-hydrogen) atoms. The molecule has 2 aliphatic heterocycles. The minimum absolute atomic E-state index is 0.0893. The lowest BCUT2D eigenvalue weighted by atomic mass is 9.65. The maximum Gasteiger partial charge on any atom is 0.160 e. The number of methoxy groups -OCH3 is 2. The van der Waals surface area contributed by atoms with E-state index in [-0.39, 0.29) is 17.9 Å². The van der Waals surface area contributed by atoms with Crippen LogP contribution in [0.3, 0.4) is 0 Å². The molecule has 5 heteroatoms. The van der Waals surface area contributed by atoms with Crippen LogP contribution < -0.4 is 4.74 Å². The van der Waals surface area contributed by atoms with Crippen molar-refractivity contribution in [1.82, 2.24) is 4.90 Å². The van der Waals surface area contributed by atoms with Crippen LogP contribution in [0, 0.1) is 0 Å². The number of hydrogen-bond donors (Lipinski definition) is 2. The quantitative estimate of drug-likeness (QED) is 0.803. The molecule has 1 aromatic rings. The first-order chi connectivity index (χ1) is 10.6. The van der Waals surface area contributed by atoms with Gasteiger partial charge >= 0.3 is 0 Å². The van der Waals surface area contributed by atoms with Gasteiger partial charge < -0.3 is 19.7 Å². The number of ether oxygens (including phenoxy) is 2. The molecule has 0 aromatic heterocycles. The predicted octanol–water partition coefficient (Wildman–Crippen LogP) is 1.17. The second-order valence-electron chi connectivity index (χ2n) is 6.44. The maximum absolute atomic E-state index is 10.8. The summed E-state index contributed by atoms with van der Waals surface area (Å²) >= 11 is 0. The summed E-state index contributed by atoms with van der Waals surface area (Å²) in [6.45, 7) is 1.38. The monoisotopic (exact) mass is 303 g/mol. The fraction of sp³-hybridized carbons (Fsp3) is 0.529. The highest BCUT2D eigenvalue weighted by molar-refractivity contribution is 5.55. The Labute approximate surface area is 129 Å². The molecule has 1 aliphatic carbocycles. The zero-order valence-electron chi connectivity index (χ0n) is 12.8. The van der Waals surface area contributed by atoms with Gasteiger partial charge in [0.05, 0.1) is 24.7 Å². The first-order valence-corrected chi connectivity index (χ1v) is 7.64. The number of aliphatic hydroxyl groups excluding tert-OH is 1. The average Bonchev–Trinajstić information content (AvgIpc) is 2.73. The number of hydrogen-bond acceptors (Lipinski definition) is 5. The van der Waals surface area contributed by atoms with Gasteiger partial charge in [-0.05, 0) is 29.7 Å². The average molecular weight is 303 g/mol. The molecular formula is C17H21NO4. The van der Waals surface area contributed by atoms with Crippen LogP contribution in [0.1, 0.15) is 17.5 Å². The van der Waals surface area contributed by atoms with E-state index in [9.17, 15) is 10.2 Å². The SMILES string of the molecule is COc1cc2c(cc1O)CN1C[C@@H](O)[C@@]23C=C[C@@H](OC)C[C@H]13. The Morgan fingerprint density at radius 3 is 2.86 bits per heavy atom. The smallest absolute Gasteiger partial charge is 0.160 e. The van der Waals surface area contributed by atoms with Crippen LogP contribution >= 0.6 is 0 Å². The number of benzene rings is 1. The van der Waals surface area contributed by atoms with Crippen molar-refractivity contribution < 1.29 is 19.7 Å². The van der Waals surface area contributed by atoms with E-state index in [1.54, 1.807) is 20.3 Å². The van der Waals surface area contributed by atoms with Gasteiger partial charge in [0.2, 0.25) is 0 Å². The number of fused-ring (bicyclic) bond motifs is 1. The van der Waals surface area contributed by atoms with Crippen molar-refractivity contribution in [2.45, 2.75) is 36.6 Å². The number of aliphatic hydroxyl groups is 1. The second kappa shape index (κ2) is 4.72. The van der Waals surface area contributed by atoms with Crippen LogP contribution in [0.4, 0.5) is 0 Å². The molecular weight excluding hydrogens is 282 g/mol. The summed E-state index contributed by atoms with van der Waals surface area (Å²) in [4.78, 5) is 2.30. The Kier molecular flexibility index (Phi) is 3.01. The lowest BCUT2D eigenvalue weighted by Gasteiger charge is -2.46. The van der Waals surface area contributed by atoms with Crippen LogP contribution in [-0.4, -0.2) is 54.1 Å². The molecule has 2 N–H and O–H groups in total. The molecule has 2 bridgehead atoms. The van der Waals surface area contributed by atoms with Crippen molar-refractivity contribution in [2.24, 2.45) is 0 Å². The zero-order valence-corrected chi connectivity index (χ0v) is 12.8. The number of nitrogens with zero attached hydrogens (tertiary/aromatic N) is 1. The predicted molar refractivity (Wildman–Crippen MR) is 81.1 cm³/mol. The maximum atomic E-state index is 10.8. The van der Waals surface area contributed by atoms with Gasteiger partial charge in [0, 0.05) is 26.2 Å². The minimum atomic E-state index is -0.456. The van der Waals surface area contributed by atoms with E-state index < -0.39 is 11.5 Å². The Hall–Kier alpha value is -1.56. The van der Waals surface area contributed by atoms with Gasteiger partial charge in [0.15, 0.2) is 11.5 Å². The van der Waals surface area contributed by atoms with E-state index in [1.165, 1.54) is 0 Å². The molecule has 1 unspecified atom stereocenters. The van der Waals surface area contributed by atoms with Crippen molar-refractivity contribution in [1.29, 1.82) is 0 Å². The molecule has 4 rings (SSSR count). The Balaban J connectivity index is 1.92. The molecule has 5 nitrogen and oxygen atoms in total. The molecule has 1 aromatic carbocycles. The highest BCUT2D eigenvalue weighted by Crippen LogP contribution is 2.52. The highest BCUT2D eigenvalue weighted by atomic mass is 16.5. The van der Waals surface area contributed by atoms with Crippen LogP contribution in [0.2, 0.25) is 0 Å². The van der Waals surface area contributed by atoms with E-state index in [2.05, 4.69) is 17.1 Å². The number of phenolic OH excluding ortho intramolecular Hbond substituents is 1. The fourth-order valence-electron chi connectivity index (χ4n) is 4.48. The van der Waals surface area contributed by atoms with Gasteiger partial charge in [-0.25, -0.2) is 0 Å². The summed E-state index contributed by atoms with van der Waals surface area (Å²) in [6, 6.07) is 3.88. The van der Waals surface area contributed by atoms with Crippen molar-refractivity contribution in [2.75, 3.05) is 20.8 Å². The van der Waals surface area contributed by atoms with E-state index in [0.717, 1.165) is 24.1 Å². The van der Waals surface area contributed by atoms with Crippen molar-refractivity contribution >= 4 is 0 Å². The Morgan fingerprint density at radius 1 is 1.32 bits per heavy atom. The summed E-state index contributed by atoms with van der Waals surface area (Å²) in [5.74, 6) is 0.613. The molecule has 2 heterocycles. The third-order valence-corrected chi connectivity index (χ3v) is 5.54. The van der Waals surface area contributed by atoms with Crippen LogP contribution in [0.5, 0.6) is 11.5 Å². The van der Waals surface area contributed by atoms with Crippen molar-refractivity contribution in [3.63, 3.8) is 0 Å². The number of aromatic hydroxyl groups is 1. The normalized spacial score (nSPS) is 38.5. The lowest BCUT2D eigenvalue weighted by molar-refractivity contribution is 0.0659. The third kappa shape index (κ3) is 1.64. The molecule has 118 valence electrons. The molecule has 5 atom stereocenters. The number of phenols is 1. The Morgan fingerprint density at radius 2 is 2.14 bits per heavy atom. The zero-order chi connectivity index (χ0) is 15.5. The van der Waals surface area contributed by atoms with E-state index in [4.69, 9.17) is 9.47 Å². The fourth-order valence-corrected chi connectivity index (χ4v) is 4.48. The molecule has 0 amide bonds. The Bertz CT molecular complexity index is 644. The van der Waals surface area contributed by atoms with Gasteiger partial charge in [-0.1, -0.05) is 12.2 Å². The molecule has 0 radical (unpaired) electrons. The van der Waals surface area contributed by atoms with E-state index in [0.29, 0.717) is 12.3 Å². The largest absolute Gasteiger partial charge is 0.504 e.